The standard InChI is InChI=1S/C15H32N6S6/c22-7-1-19(2-8-23)13-16-14(20(3-9-24)4-10-25)18-15(17-13)21(5-11-26)6-12-27/h13,22-27H,1-12H2,(H,16,17,18). The summed E-state index contributed by atoms with van der Waals surface area (Å²) in [5, 5.41) is 3.48. The molecule has 0 amide bonds. The van der Waals surface area contributed by atoms with Gasteiger partial charge in [0.15, 0.2) is 6.29 Å². The van der Waals surface area contributed by atoms with Crippen LogP contribution in [-0.4, -0.2) is 107 Å². The van der Waals surface area contributed by atoms with Crippen molar-refractivity contribution in [2.24, 2.45) is 9.98 Å². The summed E-state index contributed by atoms with van der Waals surface area (Å²) in [6.07, 6.45) is -0.212. The Balaban J connectivity index is 3.19. The van der Waals surface area contributed by atoms with Crippen molar-refractivity contribution in [2.75, 3.05) is 73.8 Å². The van der Waals surface area contributed by atoms with Gasteiger partial charge in [0, 0.05) is 73.8 Å². The predicted molar refractivity (Wildman–Crippen MR) is 140 cm³/mol. The van der Waals surface area contributed by atoms with Gasteiger partial charge in [-0.15, -0.1) is 0 Å². The number of guanidine groups is 2. The van der Waals surface area contributed by atoms with Crippen LogP contribution >= 0.6 is 75.8 Å². The van der Waals surface area contributed by atoms with Crippen molar-refractivity contribution in [2.45, 2.75) is 6.29 Å². The maximum absolute atomic E-state index is 4.88. The van der Waals surface area contributed by atoms with E-state index in [4.69, 9.17) is 9.98 Å². The molecule has 0 fully saturated rings. The number of hydrogen-bond donors (Lipinski definition) is 7. The maximum atomic E-state index is 4.88. The number of hydrogen-bond acceptors (Lipinski definition) is 12. The molecule has 1 aliphatic heterocycles. The molecule has 1 heterocycles. The van der Waals surface area contributed by atoms with Gasteiger partial charge in [-0.1, -0.05) is 0 Å². The van der Waals surface area contributed by atoms with E-state index in [9.17, 15) is 0 Å². The molecule has 12 heteroatoms. The molecule has 0 saturated carbocycles. The summed E-state index contributed by atoms with van der Waals surface area (Å²) in [5.74, 6) is 5.93. The predicted octanol–water partition coefficient (Wildman–Crippen LogP) is 1.07. The van der Waals surface area contributed by atoms with Crippen LogP contribution in [0.3, 0.4) is 0 Å². The molecule has 0 saturated heterocycles. The average molecular weight is 489 g/mol. The van der Waals surface area contributed by atoms with Crippen LogP contribution < -0.4 is 5.32 Å². The lowest BCUT2D eigenvalue weighted by atomic mass is 10.4. The second-order valence-electron chi connectivity index (χ2n) is 5.73. The summed E-state index contributed by atoms with van der Waals surface area (Å²) in [6.45, 7) is 4.73. The highest BCUT2D eigenvalue weighted by Crippen LogP contribution is 2.11. The molecule has 1 aliphatic rings. The normalized spacial score (nSPS) is 16.8. The third-order valence-corrected chi connectivity index (χ3v) is 5.08. The first-order chi connectivity index (χ1) is 13.1. The summed E-state index contributed by atoms with van der Waals surface area (Å²) in [6, 6.07) is 0. The first-order valence-corrected chi connectivity index (χ1v) is 12.8. The van der Waals surface area contributed by atoms with Gasteiger partial charge in [0.25, 0.3) is 0 Å². The number of nitrogens with one attached hydrogen (secondary N) is 1. The second-order valence-corrected chi connectivity index (χ2v) is 8.42. The fourth-order valence-electron chi connectivity index (χ4n) is 2.63. The molecular weight excluding hydrogens is 457 g/mol. The van der Waals surface area contributed by atoms with E-state index in [1.165, 1.54) is 0 Å². The highest BCUT2D eigenvalue weighted by molar-refractivity contribution is 7.81. The molecule has 0 aromatic rings. The lowest BCUT2D eigenvalue weighted by Crippen LogP contribution is -2.57. The van der Waals surface area contributed by atoms with Gasteiger partial charge in [-0.25, -0.2) is 4.99 Å². The minimum atomic E-state index is -0.212. The highest BCUT2D eigenvalue weighted by atomic mass is 32.1. The van der Waals surface area contributed by atoms with Crippen LogP contribution in [0.4, 0.5) is 0 Å². The van der Waals surface area contributed by atoms with Crippen molar-refractivity contribution < 1.29 is 0 Å². The molecule has 1 rings (SSSR count). The molecular formula is C15H32N6S6. The average Bonchev–Trinajstić information content (AvgIpc) is 2.67. The van der Waals surface area contributed by atoms with Gasteiger partial charge in [0.05, 0.1) is 0 Å². The maximum Gasteiger partial charge on any atom is 0.227 e. The molecule has 0 aromatic heterocycles. The van der Waals surface area contributed by atoms with Gasteiger partial charge in [0.2, 0.25) is 11.9 Å². The van der Waals surface area contributed by atoms with E-state index < -0.39 is 0 Å². The summed E-state index contributed by atoms with van der Waals surface area (Å²) in [7, 11) is 0. The Morgan fingerprint density at radius 1 is 0.667 bits per heavy atom. The van der Waals surface area contributed by atoms with Crippen molar-refractivity contribution >= 4 is 87.7 Å². The van der Waals surface area contributed by atoms with E-state index in [-0.39, 0.29) is 6.29 Å². The minimum absolute atomic E-state index is 0.212. The van der Waals surface area contributed by atoms with Crippen LogP contribution in [0.25, 0.3) is 0 Å². The van der Waals surface area contributed by atoms with E-state index in [2.05, 4.69) is 95.8 Å². The molecule has 1 atom stereocenters. The van der Waals surface area contributed by atoms with E-state index in [0.29, 0.717) is 5.96 Å². The molecule has 0 aliphatic carbocycles. The fourth-order valence-corrected chi connectivity index (χ4v) is 4.11. The van der Waals surface area contributed by atoms with Crippen molar-refractivity contribution in [1.82, 2.24) is 20.0 Å². The molecule has 0 spiro atoms. The lowest BCUT2D eigenvalue weighted by molar-refractivity contribution is 0.202. The number of aliphatic imine (C=N–C) groups is 2. The van der Waals surface area contributed by atoms with E-state index in [1.807, 2.05) is 0 Å². The molecule has 1 N–H and O–H groups in total. The van der Waals surface area contributed by atoms with Crippen molar-refractivity contribution in [1.29, 1.82) is 0 Å². The second kappa shape index (κ2) is 15.6. The van der Waals surface area contributed by atoms with Gasteiger partial charge < -0.3 is 15.1 Å². The molecule has 1 unspecified atom stereocenters. The lowest BCUT2D eigenvalue weighted by Gasteiger charge is -2.37. The first kappa shape index (κ1) is 25.8. The summed E-state index contributed by atoms with van der Waals surface area (Å²) < 4.78 is 0. The van der Waals surface area contributed by atoms with Crippen LogP contribution in [0.5, 0.6) is 0 Å². The molecule has 6 nitrogen and oxygen atoms in total. The largest absolute Gasteiger partial charge is 0.341 e. The third kappa shape index (κ3) is 9.00. The highest BCUT2D eigenvalue weighted by Gasteiger charge is 2.27. The summed E-state index contributed by atoms with van der Waals surface area (Å²) in [4.78, 5) is 16.2. The van der Waals surface area contributed by atoms with Crippen LogP contribution in [0, 0.1) is 0 Å². The molecule has 0 bridgehead atoms. The Labute approximate surface area is 196 Å². The monoisotopic (exact) mass is 488 g/mol. The zero-order valence-corrected chi connectivity index (χ0v) is 20.8. The van der Waals surface area contributed by atoms with Crippen molar-refractivity contribution in [3.63, 3.8) is 0 Å². The van der Waals surface area contributed by atoms with Crippen LogP contribution in [0.15, 0.2) is 9.98 Å². The van der Waals surface area contributed by atoms with Gasteiger partial charge in [-0.2, -0.15) is 80.8 Å². The first-order valence-electron chi connectivity index (χ1n) is 8.97. The van der Waals surface area contributed by atoms with Gasteiger partial charge >= 0.3 is 0 Å². The van der Waals surface area contributed by atoms with E-state index in [1.54, 1.807) is 0 Å². The zero-order chi connectivity index (χ0) is 20.1. The Hall–Kier alpha value is 0.800. The quantitative estimate of drug-likeness (QED) is 0.198. The van der Waals surface area contributed by atoms with E-state index in [0.717, 1.165) is 79.7 Å². The minimum Gasteiger partial charge on any atom is -0.341 e. The smallest absolute Gasteiger partial charge is 0.227 e. The number of nitrogens with zero attached hydrogens (tertiary/aromatic N) is 5. The Morgan fingerprint density at radius 2 is 1.11 bits per heavy atom. The zero-order valence-electron chi connectivity index (χ0n) is 15.5. The molecule has 158 valence electrons. The Morgan fingerprint density at radius 3 is 1.56 bits per heavy atom. The molecule has 0 aromatic carbocycles. The SMILES string of the molecule is SCCN(CCS)C1=NC(N(CCS)CCS)NC(N(CCS)CCS)=N1. The Kier molecular flexibility index (Phi) is 14.9. The number of rotatable bonds is 13. The molecule has 0 radical (unpaired) electrons. The molecule has 27 heavy (non-hydrogen) atoms. The van der Waals surface area contributed by atoms with Gasteiger partial charge in [-0.3, -0.25) is 4.90 Å². The Bertz CT molecular complexity index is 448. The van der Waals surface area contributed by atoms with Gasteiger partial charge in [0.1, 0.15) is 0 Å². The fraction of sp³-hybridized carbons (Fsp3) is 0.867. The van der Waals surface area contributed by atoms with Crippen LogP contribution in [0.2, 0.25) is 0 Å². The van der Waals surface area contributed by atoms with Crippen LogP contribution in [-0.2, 0) is 0 Å². The van der Waals surface area contributed by atoms with E-state index >= 15 is 0 Å². The van der Waals surface area contributed by atoms with Gasteiger partial charge in [-0.05, 0) is 0 Å². The van der Waals surface area contributed by atoms with Crippen molar-refractivity contribution in [3.8, 4) is 0 Å². The summed E-state index contributed by atoms with van der Waals surface area (Å²) in [5.41, 5.74) is 0. The topological polar surface area (TPSA) is 46.5 Å². The summed E-state index contributed by atoms with van der Waals surface area (Å²) >= 11 is 26.4. The van der Waals surface area contributed by atoms with Crippen LogP contribution in [0.1, 0.15) is 0 Å². The number of thiol groups is 6. The van der Waals surface area contributed by atoms with Crippen molar-refractivity contribution in [3.05, 3.63) is 0 Å². The third-order valence-electron chi connectivity index (χ3n) is 3.88.